The van der Waals surface area contributed by atoms with Crippen LogP contribution in [-0.2, 0) is 10.8 Å². The van der Waals surface area contributed by atoms with Gasteiger partial charge in [-0.2, -0.15) is 0 Å². The number of nitrogens with zero attached hydrogens (tertiary/aromatic N) is 1. The lowest BCUT2D eigenvalue weighted by molar-refractivity contribution is -0.00518. The summed E-state index contributed by atoms with van der Waals surface area (Å²) >= 11 is 0. The third kappa shape index (κ3) is 5.73. The highest BCUT2D eigenvalue weighted by Gasteiger charge is 2.51. The number of hydrogen-bond acceptors (Lipinski definition) is 1. The average molecular weight is 774 g/mol. The number of hydrogen-bond donors (Lipinski definition) is 0. The van der Waals surface area contributed by atoms with Crippen LogP contribution in [-0.4, -0.2) is 0 Å². The summed E-state index contributed by atoms with van der Waals surface area (Å²) in [7, 11) is 0. The van der Waals surface area contributed by atoms with Gasteiger partial charge in [-0.1, -0.05) is 153 Å². The predicted octanol–water partition coefficient (Wildman–Crippen LogP) is 16.1. The van der Waals surface area contributed by atoms with Gasteiger partial charge in [0.05, 0.1) is 0 Å². The third-order valence-corrected chi connectivity index (χ3v) is 15.2. The topological polar surface area (TPSA) is 3.24 Å². The van der Waals surface area contributed by atoms with Gasteiger partial charge in [-0.05, 0) is 176 Å². The Morgan fingerprint density at radius 2 is 0.883 bits per heavy atom. The first-order chi connectivity index (χ1) is 29.4. The number of fused-ring (bicyclic) bond motifs is 4. The van der Waals surface area contributed by atoms with E-state index >= 15 is 0 Å². The Kier molecular flexibility index (Phi) is 8.15. The molecule has 5 aliphatic rings. The van der Waals surface area contributed by atoms with Gasteiger partial charge in [0.2, 0.25) is 0 Å². The molecule has 0 unspecified atom stereocenters. The fourth-order valence-electron chi connectivity index (χ4n) is 12.8. The molecular weight excluding hydrogens is 723 g/mol. The van der Waals surface area contributed by atoms with E-state index < -0.39 is 0 Å². The smallest absolute Gasteiger partial charge is 0.0462 e. The van der Waals surface area contributed by atoms with E-state index in [4.69, 9.17) is 0 Å². The molecule has 8 aromatic carbocycles. The van der Waals surface area contributed by atoms with Gasteiger partial charge in [0.25, 0.3) is 0 Å². The Bertz CT molecular complexity index is 2860. The van der Waals surface area contributed by atoms with Crippen molar-refractivity contribution in [2.75, 3.05) is 4.90 Å². The van der Waals surface area contributed by atoms with Crippen molar-refractivity contribution in [3.05, 3.63) is 199 Å². The van der Waals surface area contributed by atoms with Gasteiger partial charge < -0.3 is 4.90 Å². The highest BCUT2D eigenvalue weighted by Crippen LogP contribution is 2.61. The molecule has 4 saturated carbocycles. The lowest BCUT2D eigenvalue weighted by atomic mass is 9.48. The number of benzene rings is 8. The normalized spacial score (nSPS) is 21.8. The van der Waals surface area contributed by atoms with Crippen LogP contribution >= 0.6 is 0 Å². The number of anilines is 3. The maximum atomic E-state index is 2.49. The molecule has 0 radical (unpaired) electrons. The molecule has 0 aliphatic heterocycles. The summed E-state index contributed by atoms with van der Waals surface area (Å²) in [6, 6.07) is 68.5. The first kappa shape index (κ1) is 35.7. The van der Waals surface area contributed by atoms with Gasteiger partial charge >= 0.3 is 0 Å². The quantitative estimate of drug-likeness (QED) is 0.156. The van der Waals surface area contributed by atoms with Crippen LogP contribution in [0.5, 0.6) is 0 Å². The standard InChI is InChI=1S/C59H51N/c1-58(2)55-17-7-6-14-53(55)54-31-22-46(35-56(54)58)42-18-25-48(26-19-42)60(50-29-23-47(24-30-50)59-36-39-32-40(37-59)34-41(33-39)38-59)49-27-20-44(21-28-49)52-16-9-13-45-12-8-15-51(57(45)52)43-10-4-3-5-11-43/h3-31,35,39-41H,32-34,36-38H2,1-2H3. The maximum Gasteiger partial charge on any atom is 0.0462 e. The molecule has 60 heavy (non-hydrogen) atoms. The molecule has 0 saturated heterocycles. The molecule has 8 aromatic rings. The van der Waals surface area contributed by atoms with Crippen LogP contribution in [0.2, 0.25) is 0 Å². The van der Waals surface area contributed by atoms with Crippen molar-refractivity contribution in [2.24, 2.45) is 17.8 Å². The summed E-state index contributed by atoms with van der Waals surface area (Å²) in [4.78, 5) is 2.46. The lowest BCUT2D eigenvalue weighted by Crippen LogP contribution is -2.48. The van der Waals surface area contributed by atoms with E-state index in [1.165, 1.54) is 116 Å². The van der Waals surface area contributed by atoms with Crippen LogP contribution in [0.25, 0.3) is 55.3 Å². The summed E-state index contributed by atoms with van der Waals surface area (Å²) in [5, 5.41) is 2.56. The molecule has 13 rings (SSSR count). The van der Waals surface area contributed by atoms with Crippen LogP contribution in [0.15, 0.2) is 182 Å². The van der Waals surface area contributed by atoms with Crippen LogP contribution in [0, 0.1) is 17.8 Å². The van der Waals surface area contributed by atoms with E-state index in [1.807, 2.05) is 0 Å². The Morgan fingerprint density at radius 1 is 0.400 bits per heavy atom. The summed E-state index contributed by atoms with van der Waals surface area (Å²) < 4.78 is 0. The van der Waals surface area contributed by atoms with Crippen molar-refractivity contribution in [3.8, 4) is 44.5 Å². The molecule has 1 heteroatoms. The largest absolute Gasteiger partial charge is 0.311 e. The molecule has 0 heterocycles. The van der Waals surface area contributed by atoms with Crippen molar-refractivity contribution in [2.45, 2.75) is 63.2 Å². The molecule has 5 aliphatic carbocycles. The van der Waals surface area contributed by atoms with E-state index in [1.54, 1.807) is 5.56 Å². The van der Waals surface area contributed by atoms with Crippen LogP contribution in [0.3, 0.4) is 0 Å². The summed E-state index contributed by atoms with van der Waals surface area (Å²) in [6.07, 6.45) is 8.58. The van der Waals surface area contributed by atoms with Gasteiger partial charge in [0.1, 0.15) is 0 Å². The van der Waals surface area contributed by atoms with E-state index in [-0.39, 0.29) is 5.41 Å². The van der Waals surface area contributed by atoms with Crippen LogP contribution in [0.4, 0.5) is 17.1 Å². The zero-order valence-corrected chi connectivity index (χ0v) is 34.7. The molecular formula is C59H51N. The Hall–Kier alpha value is -6.18. The minimum atomic E-state index is -0.0255. The van der Waals surface area contributed by atoms with Crippen molar-refractivity contribution in [1.82, 2.24) is 0 Å². The van der Waals surface area contributed by atoms with Crippen LogP contribution < -0.4 is 4.90 Å². The zero-order chi connectivity index (χ0) is 40.0. The number of rotatable bonds is 7. The monoisotopic (exact) mass is 773 g/mol. The van der Waals surface area contributed by atoms with Crippen molar-refractivity contribution in [1.29, 1.82) is 0 Å². The maximum absolute atomic E-state index is 2.49. The molecule has 0 N–H and O–H groups in total. The Balaban J connectivity index is 0.923. The second-order valence-corrected chi connectivity index (χ2v) is 19.2. The fourth-order valence-corrected chi connectivity index (χ4v) is 12.8. The molecule has 0 aromatic heterocycles. The fraction of sp³-hybridized carbons (Fsp3) is 0.220. The summed E-state index contributed by atoms with van der Waals surface area (Å²) in [5.74, 6) is 2.80. The van der Waals surface area contributed by atoms with Gasteiger partial charge in [-0.3, -0.25) is 0 Å². The SMILES string of the molecule is CC1(C)c2ccccc2-c2ccc(-c3ccc(N(c4ccc(-c5cccc6cccc(-c7ccccc7)c56)cc4)c4ccc(C56CC7CC(CC(C7)C5)C6)cc4)cc3)cc21. The minimum Gasteiger partial charge on any atom is -0.311 e. The molecule has 4 bridgehead atoms. The van der Waals surface area contributed by atoms with Crippen LogP contribution in [0.1, 0.15) is 69.1 Å². The molecule has 1 nitrogen and oxygen atoms in total. The molecule has 0 atom stereocenters. The molecule has 0 spiro atoms. The minimum absolute atomic E-state index is 0.0255. The molecule has 0 amide bonds. The van der Waals surface area contributed by atoms with Crippen molar-refractivity contribution >= 4 is 27.8 Å². The first-order valence-electron chi connectivity index (χ1n) is 22.3. The lowest BCUT2D eigenvalue weighted by Gasteiger charge is -2.57. The van der Waals surface area contributed by atoms with Gasteiger partial charge in [-0.15, -0.1) is 0 Å². The Morgan fingerprint density at radius 3 is 1.50 bits per heavy atom. The van der Waals surface area contributed by atoms with Crippen molar-refractivity contribution < 1.29 is 0 Å². The van der Waals surface area contributed by atoms with Gasteiger partial charge in [-0.25, -0.2) is 0 Å². The summed E-state index contributed by atoms with van der Waals surface area (Å²) in [5.41, 5.74) is 18.5. The molecule has 292 valence electrons. The molecule has 4 fully saturated rings. The van der Waals surface area contributed by atoms with E-state index in [9.17, 15) is 0 Å². The van der Waals surface area contributed by atoms with Gasteiger partial charge in [0, 0.05) is 22.5 Å². The highest BCUT2D eigenvalue weighted by molar-refractivity contribution is 6.06. The second-order valence-electron chi connectivity index (χ2n) is 19.2. The van der Waals surface area contributed by atoms with Gasteiger partial charge in [0.15, 0.2) is 0 Å². The first-order valence-corrected chi connectivity index (χ1v) is 22.3. The second kappa shape index (κ2) is 13.7. The van der Waals surface area contributed by atoms with E-state index in [2.05, 4.69) is 201 Å². The predicted molar refractivity (Wildman–Crippen MR) is 252 cm³/mol. The Labute approximate surface area is 355 Å². The third-order valence-electron chi connectivity index (χ3n) is 15.2. The highest BCUT2D eigenvalue weighted by atomic mass is 15.1. The zero-order valence-electron chi connectivity index (χ0n) is 34.7. The van der Waals surface area contributed by atoms with E-state index in [0.29, 0.717) is 5.41 Å². The average Bonchev–Trinajstić information content (AvgIpc) is 3.52. The summed E-state index contributed by atoms with van der Waals surface area (Å²) in [6.45, 7) is 4.73. The van der Waals surface area contributed by atoms with Crippen molar-refractivity contribution in [3.63, 3.8) is 0 Å². The van der Waals surface area contributed by atoms with E-state index in [0.717, 1.165) is 23.4 Å².